The number of hydrogen-bond acceptors (Lipinski definition) is 1. The standard InChI is InChI=1S/C11H15BrO2/c12-9-8-2-6-1-7(3-8)5-11(9,4-6)10(13)14/h6-9H,1-5H2,(H,13,14). The van der Waals surface area contributed by atoms with Crippen molar-refractivity contribution in [2.45, 2.75) is 36.9 Å². The van der Waals surface area contributed by atoms with E-state index in [9.17, 15) is 9.90 Å². The Kier molecular flexibility index (Phi) is 1.80. The number of carboxylic acids is 1. The highest BCUT2D eigenvalue weighted by Crippen LogP contribution is 2.62. The molecule has 0 aliphatic heterocycles. The Morgan fingerprint density at radius 3 is 2.29 bits per heavy atom. The summed E-state index contributed by atoms with van der Waals surface area (Å²) < 4.78 is 0. The normalized spacial score (nSPS) is 54.9. The Labute approximate surface area is 92.2 Å². The van der Waals surface area contributed by atoms with Gasteiger partial charge in [-0.1, -0.05) is 15.9 Å². The van der Waals surface area contributed by atoms with Gasteiger partial charge in [-0.2, -0.15) is 0 Å². The number of hydrogen-bond donors (Lipinski definition) is 1. The highest BCUT2D eigenvalue weighted by atomic mass is 79.9. The molecule has 0 spiro atoms. The monoisotopic (exact) mass is 258 g/mol. The molecule has 4 fully saturated rings. The minimum absolute atomic E-state index is 0.236. The maximum atomic E-state index is 11.4. The molecule has 0 amide bonds. The predicted octanol–water partition coefficient (Wildman–Crippen LogP) is 2.66. The van der Waals surface area contributed by atoms with Crippen LogP contribution in [-0.2, 0) is 4.79 Å². The van der Waals surface area contributed by atoms with Gasteiger partial charge in [0, 0.05) is 4.83 Å². The van der Waals surface area contributed by atoms with Gasteiger partial charge < -0.3 is 5.11 Å². The number of carbonyl (C=O) groups is 1. The van der Waals surface area contributed by atoms with E-state index in [-0.39, 0.29) is 4.83 Å². The Hall–Kier alpha value is -0.0500. The van der Waals surface area contributed by atoms with Crippen LogP contribution in [0.2, 0.25) is 0 Å². The average molecular weight is 259 g/mol. The van der Waals surface area contributed by atoms with Gasteiger partial charge in [-0.15, -0.1) is 0 Å². The van der Waals surface area contributed by atoms with Gasteiger partial charge in [0.05, 0.1) is 5.41 Å². The van der Waals surface area contributed by atoms with Crippen molar-refractivity contribution in [3.05, 3.63) is 0 Å². The summed E-state index contributed by atoms with van der Waals surface area (Å²) in [6.07, 6.45) is 5.67. The topological polar surface area (TPSA) is 37.3 Å². The summed E-state index contributed by atoms with van der Waals surface area (Å²) in [6.45, 7) is 0. The van der Waals surface area contributed by atoms with Crippen LogP contribution in [0.15, 0.2) is 0 Å². The van der Waals surface area contributed by atoms with E-state index in [1.165, 1.54) is 19.3 Å². The summed E-state index contributed by atoms with van der Waals surface area (Å²) in [7, 11) is 0. The van der Waals surface area contributed by atoms with E-state index >= 15 is 0 Å². The van der Waals surface area contributed by atoms with Crippen molar-refractivity contribution < 1.29 is 9.90 Å². The fourth-order valence-electron chi connectivity index (χ4n) is 4.27. The van der Waals surface area contributed by atoms with Crippen LogP contribution >= 0.6 is 15.9 Å². The summed E-state index contributed by atoms with van der Waals surface area (Å²) in [5.74, 6) is 1.49. The molecule has 0 aromatic heterocycles. The number of aliphatic carboxylic acids is 1. The van der Waals surface area contributed by atoms with Gasteiger partial charge in [-0.05, 0) is 49.9 Å². The zero-order valence-electron chi connectivity index (χ0n) is 8.08. The third-order valence-corrected chi connectivity index (χ3v) is 6.24. The van der Waals surface area contributed by atoms with Gasteiger partial charge in [-0.3, -0.25) is 4.79 Å². The first-order valence-corrected chi connectivity index (χ1v) is 6.41. The first-order valence-electron chi connectivity index (χ1n) is 5.49. The van der Waals surface area contributed by atoms with Crippen LogP contribution in [0.3, 0.4) is 0 Å². The Morgan fingerprint density at radius 1 is 1.21 bits per heavy atom. The smallest absolute Gasteiger partial charge is 0.310 e. The molecule has 0 aromatic carbocycles. The summed E-state index contributed by atoms with van der Waals surface area (Å²) in [5.41, 5.74) is -0.408. The summed E-state index contributed by atoms with van der Waals surface area (Å²) in [6, 6.07) is 0. The van der Waals surface area contributed by atoms with Gasteiger partial charge in [-0.25, -0.2) is 0 Å². The molecular weight excluding hydrogens is 244 g/mol. The second-order valence-electron chi connectivity index (χ2n) is 5.47. The first kappa shape index (κ1) is 9.20. The second-order valence-corrected chi connectivity index (χ2v) is 6.46. The lowest BCUT2D eigenvalue weighted by Gasteiger charge is -2.57. The number of alkyl halides is 1. The van der Waals surface area contributed by atoms with E-state index in [1.54, 1.807) is 0 Å². The lowest BCUT2D eigenvalue weighted by atomic mass is 9.49. The first-order chi connectivity index (χ1) is 6.62. The van der Waals surface area contributed by atoms with Crippen LogP contribution in [0, 0.1) is 23.2 Å². The van der Waals surface area contributed by atoms with Crippen molar-refractivity contribution in [2.24, 2.45) is 23.2 Å². The molecule has 3 unspecified atom stereocenters. The molecule has 14 heavy (non-hydrogen) atoms. The van der Waals surface area contributed by atoms with E-state index in [1.807, 2.05) is 0 Å². The molecule has 0 aromatic rings. The lowest BCUT2D eigenvalue weighted by molar-refractivity contribution is -0.162. The maximum Gasteiger partial charge on any atom is 0.310 e. The van der Waals surface area contributed by atoms with E-state index in [0.717, 1.165) is 12.8 Å². The number of rotatable bonds is 1. The maximum absolute atomic E-state index is 11.4. The number of carboxylic acid groups (broad SMARTS) is 1. The predicted molar refractivity (Wildman–Crippen MR) is 56.3 cm³/mol. The Morgan fingerprint density at radius 2 is 1.79 bits per heavy atom. The highest BCUT2D eigenvalue weighted by Gasteiger charge is 2.60. The van der Waals surface area contributed by atoms with Crippen LogP contribution in [0.5, 0.6) is 0 Å². The van der Waals surface area contributed by atoms with Gasteiger partial charge in [0.2, 0.25) is 0 Å². The minimum Gasteiger partial charge on any atom is -0.481 e. The average Bonchev–Trinajstić information content (AvgIpc) is 2.12. The quantitative estimate of drug-likeness (QED) is 0.735. The highest BCUT2D eigenvalue weighted by molar-refractivity contribution is 9.09. The molecule has 0 radical (unpaired) electrons. The summed E-state index contributed by atoms with van der Waals surface area (Å²) >= 11 is 3.66. The van der Waals surface area contributed by atoms with Crippen LogP contribution in [0.4, 0.5) is 0 Å². The van der Waals surface area contributed by atoms with E-state index < -0.39 is 11.4 Å². The molecule has 4 aliphatic rings. The minimum atomic E-state index is -0.557. The molecule has 0 saturated heterocycles. The molecule has 1 N–H and O–H groups in total. The van der Waals surface area contributed by atoms with Crippen molar-refractivity contribution in [1.82, 2.24) is 0 Å². The van der Waals surface area contributed by atoms with Crippen molar-refractivity contribution >= 4 is 21.9 Å². The molecule has 3 atom stereocenters. The van der Waals surface area contributed by atoms with Crippen molar-refractivity contribution in [3.8, 4) is 0 Å². The molecule has 4 rings (SSSR count). The fourth-order valence-corrected chi connectivity index (χ4v) is 5.27. The molecule has 4 aliphatic carbocycles. The van der Waals surface area contributed by atoms with Crippen LogP contribution in [0.1, 0.15) is 32.1 Å². The fraction of sp³-hybridized carbons (Fsp3) is 0.909. The van der Waals surface area contributed by atoms with Crippen molar-refractivity contribution in [1.29, 1.82) is 0 Å². The summed E-state index contributed by atoms with van der Waals surface area (Å²) in [5, 5.41) is 9.42. The second kappa shape index (κ2) is 2.75. The van der Waals surface area contributed by atoms with Crippen LogP contribution in [0.25, 0.3) is 0 Å². The SMILES string of the molecule is O=C(O)C12CC3CC(CC(C3)C1Br)C2. The Bertz CT molecular complexity index is 275. The van der Waals surface area contributed by atoms with Crippen molar-refractivity contribution in [3.63, 3.8) is 0 Å². The van der Waals surface area contributed by atoms with Gasteiger partial charge in [0.1, 0.15) is 0 Å². The number of halogens is 1. The molecule has 2 nitrogen and oxygen atoms in total. The Balaban J connectivity index is 2.01. The largest absolute Gasteiger partial charge is 0.481 e. The molecule has 78 valence electrons. The van der Waals surface area contributed by atoms with Gasteiger partial charge in [0.15, 0.2) is 0 Å². The van der Waals surface area contributed by atoms with Crippen LogP contribution < -0.4 is 0 Å². The van der Waals surface area contributed by atoms with E-state index in [0.29, 0.717) is 17.8 Å². The third kappa shape index (κ3) is 0.995. The van der Waals surface area contributed by atoms with Gasteiger partial charge >= 0.3 is 5.97 Å². The molecule has 4 saturated carbocycles. The van der Waals surface area contributed by atoms with Crippen molar-refractivity contribution in [2.75, 3.05) is 0 Å². The zero-order chi connectivity index (χ0) is 9.92. The molecular formula is C11H15BrO2. The van der Waals surface area contributed by atoms with E-state index in [2.05, 4.69) is 15.9 Å². The molecule has 0 heterocycles. The van der Waals surface area contributed by atoms with Crippen LogP contribution in [-0.4, -0.2) is 15.9 Å². The zero-order valence-corrected chi connectivity index (χ0v) is 9.66. The van der Waals surface area contributed by atoms with E-state index in [4.69, 9.17) is 0 Å². The summed E-state index contributed by atoms with van der Waals surface area (Å²) in [4.78, 5) is 11.7. The van der Waals surface area contributed by atoms with Gasteiger partial charge in [0.25, 0.3) is 0 Å². The molecule has 4 bridgehead atoms. The molecule has 3 heteroatoms. The lowest BCUT2D eigenvalue weighted by Crippen LogP contribution is -2.57. The third-order valence-electron chi connectivity index (χ3n) is 4.61.